The molecule has 0 saturated carbocycles. The third-order valence-corrected chi connectivity index (χ3v) is 3.51. The van der Waals surface area contributed by atoms with Crippen molar-refractivity contribution in [2.45, 2.75) is 0 Å². The molecule has 0 aliphatic carbocycles. The van der Waals surface area contributed by atoms with Crippen molar-refractivity contribution >= 4 is 40.3 Å². The van der Waals surface area contributed by atoms with Crippen molar-refractivity contribution in [1.82, 2.24) is 5.32 Å². The minimum atomic E-state index is -0.761. The van der Waals surface area contributed by atoms with Crippen molar-refractivity contribution in [3.8, 4) is 11.5 Å². The summed E-state index contributed by atoms with van der Waals surface area (Å²) in [4.78, 5) is 32.6. The van der Waals surface area contributed by atoms with Crippen LogP contribution in [0.25, 0.3) is 0 Å². The highest BCUT2D eigenvalue weighted by Gasteiger charge is 2.19. The summed E-state index contributed by atoms with van der Waals surface area (Å²) in [5.41, 5.74) is -0.847. The van der Waals surface area contributed by atoms with E-state index in [-0.39, 0.29) is 33.5 Å². The molecule has 2 aromatic carbocycles. The third kappa shape index (κ3) is 4.64. The van der Waals surface area contributed by atoms with E-state index in [0.29, 0.717) is 0 Å². The Morgan fingerprint density at radius 1 is 1.15 bits per heavy atom. The quantitative estimate of drug-likeness (QED) is 0.301. The lowest BCUT2D eigenvalue weighted by Crippen LogP contribution is -2.34. The van der Waals surface area contributed by atoms with Crippen LogP contribution < -0.4 is 15.4 Å². The van der Waals surface area contributed by atoms with Crippen LogP contribution in [0.2, 0.25) is 0 Å². The second-order valence-corrected chi connectivity index (χ2v) is 5.42. The molecule has 1 amide bonds. The summed E-state index contributed by atoms with van der Waals surface area (Å²) in [6, 6.07) is 6.80. The number of carbonyl (C=O) groups is 1. The molecule has 0 saturated heterocycles. The zero-order valence-corrected chi connectivity index (χ0v) is 14.5. The van der Waals surface area contributed by atoms with Gasteiger partial charge in [0.15, 0.2) is 10.9 Å². The zero-order chi connectivity index (χ0) is 20.1. The van der Waals surface area contributed by atoms with E-state index < -0.39 is 21.4 Å². The van der Waals surface area contributed by atoms with Gasteiger partial charge < -0.3 is 15.2 Å². The maximum absolute atomic E-state index is 12.2. The van der Waals surface area contributed by atoms with Gasteiger partial charge in [0.2, 0.25) is 0 Å². The summed E-state index contributed by atoms with van der Waals surface area (Å²) < 4.78 is 4.85. The summed E-state index contributed by atoms with van der Waals surface area (Å²) in [6.07, 6.45) is 0. The number of phenolic OH excluding ortho intramolecular Hbond substituents is 1. The number of carbonyl (C=O) groups excluding carboxylic acids is 1. The number of hydrogen-bond acceptors (Lipinski definition) is 8. The molecule has 0 fully saturated rings. The van der Waals surface area contributed by atoms with Gasteiger partial charge in [-0.1, -0.05) is 0 Å². The van der Waals surface area contributed by atoms with Crippen molar-refractivity contribution in [1.29, 1.82) is 0 Å². The molecule has 0 aliphatic rings. The minimum Gasteiger partial charge on any atom is -0.506 e. The van der Waals surface area contributed by atoms with Gasteiger partial charge in [-0.2, -0.15) is 0 Å². The van der Waals surface area contributed by atoms with Gasteiger partial charge >= 0.3 is 5.69 Å². The monoisotopic (exact) mass is 392 g/mol. The van der Waals surface area contributed by atoms with E-state index in [1.165, 1.54) is 19.2 Å². The molecule has 0 aliphatic heterocycles. The van der Waals surface area contributed by atoms with Crippen LogP contribution in [0.15, 0.2) is 36.4 Å². The van der Waals surface area contributed by atoms with Gasteiger partial charge in [-0.3, -0.25) is 30.3 Å². The number of nitrogens with one attached hydrogen (secondary N) is 2. The number of nitrogens with zero attached hydrogens (tertiary/aromatic N) is 2. The van der Waals surface area contributed by atoms with E-state index in [2.05, 4.69) is 10.6 Å². The molecular weight excluding hydrogens is 380 g/mol. The minimum absolute atomic E-state index is 0.0150. The number of phenols is 1. The van der Waals surface area contributed by atoms with Gasteiger partial charge in [0.25, 0.3) is 11.6 Å². The SMILES string of the molecule is COc1ccc(C(=O)NC(=S)Nc2cc([N+](=O)[O-])ccc2O)cc1[N+](=O)[O-]. The Bertz CT molecular complexity index is 948. The Morgan fingerprint density at radius 2 is 1.85 bits per heavy atom. The largest absolute Gasteiger partial charge is 0.506 e. The van der Waals surface area contributed by atoms with E-state index >= 15 is 0 Å². The number of benzene rings is 2. The summed E-state index contributed by atoms with van der Waals surface area (Å²) in [5, 5.41) is 36.0. The van der Waals surface area contributed by atoms with E-state index in [4.69, 9.17) is 17.0 Å². The Hall–Kier alpha value is -3.80. The summed E-state index contributed by atoms with van der Waals surface area (Å²) in [5.74, 6) is -1.10. The van der Waals surface area contributed by atoms with Crippen LogP contribution in [0.4, 0.5) is 17.1 Å². The highest BCUT2D eigenvalue weighted by Crippen LogP contribution is 2.28. The van der Waals surface area contributed by atoms with Gasteiger partial charge in [0, 0.05) is 23.8 Å². The summed E-state index contributed by atoms with van der Waals surface area (Å²) in [6.45, 7) is 0. The molecule has 0 radical (unpaired) electrons. The van der Waals surface area contributed by atoms with E-state index in [1.54, 1.807) is 0 Å². The third-order valence-electron chi connectivity index (χ3n) is 3.30. The number of hydrogen-bond donors (Lipinski definition) is 3. The van der Waals surface area contributed by atoms with Crippen LogP contribution in [0.3, 0.4) is 0 Å². The fourth-order valence-corrected chi connectivity index (χ4v) is 2.24. The van der Waals surface area contributed by atoms with Crippen LogP contribution in [0.1, 0.15) is 10.4 Å². The molecule has 0 heterocycles. The average molecular weight is 392 g/mol. The second kappa shape index (κ2) is 8.05. The first-order valence-electron chi connectivity index (χ1n) is 7.15. The van der Waals surface area contributed by atoms with Crippen LogP contribution in [-0.4, -0.2) is 33.1 Å². The van der Waals surface area contributed by atoms with Gasteiger partial charge in [0.05, 0.1) is 22.6 Å². The predicted molar refractivity (Wildman–Crippen MR) is 98.1 cm³/mol. The maximum Gasteiger partial charge on any atom is 0.311 e. The molecule has 140 valence electrons. The van der Waals surface area contributed by atoms with Crippen molar-refractivity contribution in [3.05, 3.63) is 62.2 Å². The standard InChI is InChI=1S/C15H12N4O7S/c1-26-13-5-2-8(6-11(13)19(24)25)14(21)17-15(27)16-10-7-9(18(22)23)3-4-12(10)20/h2-7,20H,1H3,(H2,16,17,21,27). The lowest BCUT2D eigenvalue weighted by Gasteiger charge is -2.11. The molecule has 27 heavy (non-hydrogen) atoms. The van der Waals surface area contributed by atoms with Gasteiger partial charge in [-0.05, 0) is 30.4 Å². The van der Waals surface area contributed by atoms with Crippen LogP contribution in [0.5, 0.6) is 11.5 Å². The van der Waals surface area contributed by atoms with E-state index in [1.807, 2.05) is 0 Å². The van der Waals surface area contributed by atoms with Gasteiger partial charge in [-0.25, -0.2) is 0 Å². The Kier molecular flexibility index (Phi) is 5.82. The van der Waals surface area contributed by atoms with E-state index in [9.17, 15) is 30.1 Å². The fourth-order valence-electron chi connectivity index (χ4n) is 2.04. The van der Waals surface area contributed by atoms with Crippen molar-refractivity contribution < 1.29 is 24.5 Å². The van der Waals surface area contributed by atoms with Crippen molar-refractivity contribution in [3.63, 3.8) is 0 Å². The van der Waals surface area contributed by atoms with Crippen LogP contribution >= 0.6 is 12.2 Å². The maximum atomic E-state index is 12.2. The smallest absolute Gasteiger partial charge is 0.311 e. The van der Waals surface area contributed by atoms with Crippen LogP contribution in [0, 0.1) is 20.2 Å². The molecule has 2 rings (SSSR count). The number of anilines is 1. The number of thiocarbonyl (C=S) groups is 1. The second-order valence-electron chi connectivity index (χ2n) is 5.01. The zero-order valence-electron chi connectivity index (χ0n) is 13.7. The fraction of sp³-hybridized carbons (Fsp3) is 0.0667. The summed E-state index contributed by atoms with van der Waals surface area (Å²) in [7, 11) is 1.26. The number of non-ortho nitro benzene ring substituents is 1. The topological polar surface area (TPSA) is 157 Å². The molecule has 0 atom stereocenters. The number of nitro groups is 2. The Morgan fingerprint density at radius 3 is 2.44 bits per heavy atom. The average Bonchev–Trinajstić information content (AvgIpc) is 2.62. The number of aromatic hydroxyl groups is 1. The first-order valence-corrected chi connectivity index (χ1v) is 7.56. The number of rotatable bonds is 5. The first kappa shape index (κ1) is 19.5. The molecule has 3 N–H and O–H groups in total. The molecule has 12 heteroatoms. The molecule has 0 aromatic heterocycles. The Balaban J connectivity index is 2.16. The lowest BCUT2D eigenvalue weighted by molar-refractivity contribution is -0.385. The molecule has 2 aromatic rings. The van der Waals surface area contributed by atoms with Gasteiger partial charge in [0.1, 0.15) is 5.75 Å². The highest BCUT2D eigenvalue weighted by molar-refractivity contribution is 7.80. The molecule has 0 bridgehead atoms. The predicted octanol–water partition coefficient (Wildman–Crippen LogP) is 2.34. The number of methoxy groups -OCH3 is 1. The lowest BCUT2D eigenvalue weighted by atomic mass is 10.1. The summed E-state index contributed by atoms with van der Waals surface area (Å²) >= 11 is 4.93. The van der Waals surface area contributed by atoms with Crippen LogP contribution in [-0.2, 0) is 0 Å². The molecule has 0 unspecified atom stereocenters. The molecule has 0 spiro atoms. The van der Waals surface area contributed by atoms with Crippen molar-refractivity contribution in [2.24, 2.45) is 0 Å². The van der Waals surface area contributed by atoms with Crippen molar-refractivity contribution in [2.75, 3.05) is 12.4 Å². The Labute approximate surface area is 156 Å². The van der Waals surface area contributed by atoms with E-state index in [0.717, 1.165) is 24.3 Å². The highest BCUT2D eigenvalue weighted by atomic mass is 32.1. The molecule has 11 nitrogen and oxygen atoms in total. The van der Waals surface area contributed by atoms with Gasteiger partial charge in [-0.15, -0.1) is 0 Å². The number of ether oxygens (including phenoxy) is 1. The first-order chi connectivity index (χ1) is 12.7. The number of amides is 1. The normalized spacial score (nSPS) is 9.96. The molecular formula is C15H12N4O7S. The number of nitro benzene ring substituents is 2.